The lowest BCUT2D eigenvalue weighted by molar-refractivity contribution is -0.119. The Labute approximate surface area is 135 Å². The molecule has 1 heterocycles. The molecule has 2 aliphatic rings. The summed E-state index contributed by atoms with van der Waals surface area (Å²) in [4.78, 5) is 28.1. The number of rotatable bonds is 3. The van der Waals surface area contributed by atoms with Gasteiger partial charge in [0.2, 0.25) is 5.91 Å². The minimum atomic E-state index is -0.460. The molecule has 5 nitrogen and oxygen atoms in total. The fourth-order valence-electron chi connectivity index (χ4n) is 3.22. The van der Waals surface area contributed by atoms with Gasteiger partial charge in [-0.05, 0) is 18.3 Å². The van der Waals surface area contributed by atoms with Gasteiger partial charge in [-0.3, -0.25) is 9.59 Å². The van der Waals surface area contributed by atoms with Crippen molar-refractivity contribution in [3.8, 4) is 6.07 Å². The van der Waals surface area contributed by atoms with E-state index in [0.29, 0.717) is 17.9 Å². The largest absolute Gasteiger partial charge is 0.369 e. The first-order chi connectivity index (χ1) is 10.3. The van der Waals surface area contributed by atoms with Gasteiger partial charge in [0, 0.05) is 23.6 Å². The first kappa shape index (κ1) is 16.8. The van der Waals surface area contributed by atoms with Crippen LogP contribution < -0.4 is 5.73 Å². The molecule has 1 aliphatic heterocycles. The molecule has 1 aliphatic carbocycles. The van der Waals surface area contributed by atoms with Gasteiger partial charge in [0.05, 0.1) is 16.9 Å². The molecule has 0 spiro atoms. The van der Waals surface area contributed by atoms with Crippen molar-refractivity contribution in [2.24, 2.45) is 28.0 Å². The molecule has 0 aromatic rings. The number of Topliss-reactive ketones (excluding diaryl/α,β-unsaturated/α-hetero) is 1. The summed E-state index contributed by atoms with van der Waals surface area (Å²) in [6.07, 6.45) is 1.93. The Hall–Kier alpha value is -1.61. The van der Waals surface area contributed by atoms with Gasteiger partial charge in [0.15, 0.2) is 5.78 Å². The van der Waals surface area contributed by atoms with E-state index < -0.39 is 11.8 Å². The highest BCUT2D eigenvalue weighted by molar-refractivity contribution is 8.14. The average molecular weight is 319 g/mol. The van der Waals surface area contributed by atoms with Crippen LogP contribution in [0.3, 0.4) is 0 Å². The third-order valence-electron chi connectivity index (χ3n) is 4.12. The molecule has 0 saturated heterocycles. The maximum atomic E-state index is 12.5. The lowest BCUT2D eigenvalue weighted by Gasteiger charge is -2.37. The molecule has 0 fully saturated rings. The second-order valence-corrected chi connectivity index (χ2v) is 7.62. The molecule has 2 N–H and O–H groups in total. The number of amides is 1. The molecule has 1 amide bonds. The zero-order chi connectivity index (χ0) is 16.5. The molecule has 0 aromatic carbocycles. The van der Waals surface area contributed by atoms with E-state index in [4.69, 9.17) is 5.73 Å². The third-order valence-corrected chi connectivity index (χ3v) is 5.19. The molecule has 0 saturated carbocycles. The van der Waals surface area contributed by atoms with Gasteiger partial charge in [-0.15, -0.1) is 0 Å². The Bertz CT molecular complexity index is 613. The van der Waals surface area contributed by atoms with Gasteiger partial charge < -0.3 is 5.73 Å². The van der Waals surface area contributed by atoms with Crippen molar-refractivity contribution in [2.45, 2.75) is 40.0 Å². The highest BCUT2D eigenvalue weighted by Gasteiger charge is 2.42. The van der Waals surface area contributed by atoms with Crippen molar-refractivity contribution in [1.82, 2.24) is 0 Å². The lowest BCUT2D eigenvalue weighted by atomic mass is 9.69. The van der Waals surface area contributed by atoms with Gasteiger partial charge in [0.25, 0.3) is 0 Å². The molecular formula is C16H21N3O2S. The van der Waals surface area contributed by atoms with Crippen molar-refractivity contribution in [3.05, 3.63) is 11.3 Å². The van der Waals surface area contributed by atoms with Gasteiger partial charge in [-0.1, -0.05) is 32.5 Å². The number of nitrogens with zero attached hydrogens (tertiary/aromatic N) is 2. The maximum absolute atomic E-state index is 12.5. The van der Waals surface area contributed by atoms with E-state index >= 15 is 0 Å². The monoisotopic (exact) mass is 319 g/mol. The molecule has 118 valence electrons. The zero-order valence-electron chi connectivity index (χ0n) is 13.2. The van der Waals surface area contributed by atoms with E-state index in [1.54, 1.807) is 0 Å². The first-order valence-corrected chi connectivity index (χ1v) is 8.43. The lowest BCUT2D eigenvalue weighted by Crippen LogP contribution is -2.36. The normalized spacial score (nSPS) is 27.0. The van der Waals surface area contributed by atoms with Crippen LogP contribution in [0.2, 0.25) is 0 Å². The Morgan fingerprint density at radius 2 is 2.18 bits per heavy atom. The number of primary amides is 1. The summed E-state index contributed by atoms with van der Waals surface area (Å²) in [5, 5.41) is 10.1. The van der Waals surface area contributed by atoms with Gasteiger partial charge in [0.1, 0.15) is 5.92 Å². The van der Waals surface area contributed by atoms with Crippen molar-refractivity contribution in [2.75, 3.05) is 5.75 Å². The summed E-state index contributed by atoms with van der Waals surface area (Å²) in [6.45, 7) is 6.09. The predicted octanol–water partition coefficient (Wildman–Crippen LogP) is 2.43. The zero-order valence-corrected chi connectivity index (χ0v) is 14.0. The van der Waals surface area contributed by atoms with Gasteiger partial charge in [-0.25, -0.2) is 4.99 Å². The highest BCUT2D eigenvalue weighted by atomic mass is 32.2. The van der Waals surface area contributed by atoms with Crippen LogP contribution in [0.5, 0.6) is 0 Å². The number of ketones is 1. The van der Waals surface area contributed by atoms with E-state index in [1.165, 1.54) is 11.8 Å². The van der Waals surface area contributed by atoms with Crippen LogP contribution in [0.15, 0.2) is 16.3 Å². The smallest absolute Gasteiger partial charge is 0.227 e. The second kappa shape index (κ2) is 6.25. The van der Waals surface area contributed by atoms with Crippen molar-refractivity contribution in [3.63, 3.8) is 0 Å². The van der Waals surface area contributed by atoms with Crippen LogP contribution in [0.4, 0.5) is 0 Å². The summed E-state index contributed by atoms with van der Waals surface area (Å²) in [5.41, 5.74) is 6.61. The van der Waals surface area contributed by atoms with Crippen LogP contribution in [0.1, 0.15) is 40.0 Å². The Morgan fingerprint density at radius 1 is 1.50 bits per heavy atom. The minimum absolute atomic E-state index is 0.105. The summed E-state index contributed by atoms with van der Waals surface area (Å²) < 4.78 is 0. The fourth-order valence-corrected chi connectivity index (χ4v) is 4.08. The molecule has 0 aromatic heterocycles. The maximum Gasteiger partial charge on any atom is 0.227 e. The fraction of sp³-hybridized carbons (Fsp3) is 0.625. The van der Waals surface area contributed by atoms with Crippen molar-refractivity contribution >= 4 is 28.5 Å². The number of nitrogens with two attached hydrogens (primary N) is 1. The molecule has 0 radical (unpaired) electrons. The second-order valence-electron chi connectivity index (χ2n) is 6.63. The standard InChI is InChI=1S/C16H21N3O2S/c1-4-9-10(7-17)15(22-8-13(18)21)19-11-5-16(2,3)6-12(20)14(9)11/h9-10H,4-6,8H2,1-3H3,(H2,18,21)/t9-,10?/m1/s1. The molecule has 22 heavy (non-hydrogen) atoms. The van der Waals surface area contributed by atoms with E-state index in [1.807, 2.05) is 6.92 Å². The Kier molecular flexibility index (Phi) is 4.76. The third kappa shape index (κ3) is 3.25. The molecule has 2 atom stereocenters. The SMILES string of the molecule is CC[C@H]1C2=C(CC(C)(C)CC2=O)N=C(SCC(N)=O)C1C#N. The van der Waals surface area contributed by atoms with Crippen LogP contribution in [-0.4, -0.2) is 22.5 Å². The first-order valence-electron chi connectivity index (χ1n) is 7.44. The number of thioether (sulfide) groups is 1. The molecular weight excluding hydrogens is 298 g/mol. The summed E-state index contributed by atoms with van der Waals surface area (Å²) in [5.74, 6) is -0.805. The number of aliphatic imine (C=N–C) groups is 1. The number of allylic oxidation sites excluding steroid dienone is 2. The van der Waals surface area contributed by atoms with Crippen LogP contribution >= 0.6 is 11.8 Å². The van der Waals surface area contributed by atoms with E-state index in [2.05, 4.69) is 24.9 Å². The highest BCUT2D eigenvalue weighted by Crippen LogP contribution is 2.45. The topological polar surface area (TPSA) is 96.3 Å². The van der Waals surface area contributed by atoms with Gasteiger partial charge in [-0.2, -0.15) is 5.26 Å². The van der Waals surface area contributed by atoms with Crippen LogP contribution in [0, 0.1) is 28.6 Å². The van der Waals surface area contributed by atoms with Crippen molar-refractivity contribution in [1.29, 1.82) is 5.26 Å². The van der Waals surface area contributed by atoms with Gasteiger partial charge >= 0.3 is 0 Å². The minimum Gasteiger partial charge on any atom is -0.369 e. The Morgan fingerprint density at radius 3 is 2.73 bits per heavy atom. The molecule has 2 rings (SSSR count). The summed E-state index contributed by atoms with van der Waals surface area (Å²) in [7, 11) is 0. The predicted molar refractivity (Wildman–Crippen MR) is 87.0 cm³/mol. The van der Waals surface area contributed by atoms with Crippen molar-refractivity contribution < 1.29 is 9.59 Å². The molecule has 6 heteroatoms. The average Bonchev–Trinajstić information content (AvgIpc) is 2.41. The Balaban J connectivity index is 2.45. The van der Waals surface area contributed by atoms with E-state index in [9.17, 15) is 14.9 Å². The number of hydrogen-bond acceptors (Lipinski definition) is 5. The quantitative estimate of drug-likeness (QED) is 0.864. The summed E-state index contributed by atoms with van der Waals surface area (Å²) >= 11 is 1.22. The molecule has 1 unspecified atom stereocenters. The molecule has 0 bridgehead atoms. The van der Waals surface area contributed by atoms with Crippen LogP contribution in [-0.2, 0) is 9.59 Å². The van der Waals surface area contributed by atoms with E-state index in [-0.39, 0.29) is 22.9 Å². The number of hydrogen-bond donors (Lipinski definition) is 1. The number of nitriles is 1. The van der Waals surface area contributed by atoms with Crippen LogP contribution in [0.25, 0.3) is 0 Å². The summed E-state index contributed by atoms with van der Waals surface area (Å²) in [6, 6.07) is 2.26. The number of carbonyl (C=O) groups excluding carboxylic acids is 2. The number of carbonyl (C=O) groups is 2. The van der Waals surface area contributed by atoms with E-state index in [0.717, 1.165) is 17.7 Å².